The Hall–Kier alpha value is -1.23. The number of hydrogen-bond acceptors (Lipinski definition) is 1. The Morgan fingerprint density at radius 1 is 1.00 bits per heavy atom. The van der Waals surface area contributed by atoms with E-state index in [1.165, 1.54) is 5.56 Å². The molecule has 0 atom stereocenters. The van der Waals surface area contributed by atoms with Crippen LogP contribution in [0.2, 0.25) is 0 Å². The molecule has 0 aliphatic rings. The first-order valence-corrected chi connectivity index (χ1v) is 4.11. The molecule has 0 aliphatic heterocycles. The minimum absolute atomic E-state index is 0. The van der Waals surface area contributed by atoms with E-state index in [0.717, 1.165) is 12.2 Å². The standard InChI is InChI=1S/C9H12O.3CO.Cr/c1-3-8-6-4-5-7-9(8)10-2;3*1-2;/h4-7H,3H2,1-2H3;;;;. The Kier molecular flexibility index (Phi) is 35.3. The van der Waals surface area contributed by atoms with Crippen molar-refractivity contribution in [1.82, 2.24) is 0 Å². The number of benzene rings is 1. The van der Waals surface area contributed by atoms with E-state index in [1.54, 1.807) is 7.11 Å². The summed E-state index contributed by atoms with van der Waals surface area (Å²) < 4.78 is 27.6. The van der Waals surface area contributed by atoms with E-state index in [9.17, 15) is 0 Å². The summed E-state index contributed by atoms with van der Waals surface area (Å²) in [5, 5.41) is 0. The second kappa shape index (κ2) is 24.1. The number of para-hydroxylation sites is 1. The summed E-state index contributed by atoms with van der Waals surface area (Å²) in [5.41, 5.74) is 1.27. The van der Waals surface area contributed by atoms with Crippen molar-refractivity contribution in [2.24, 2.45) is 0 Å². The predicted octanol–water partition coefficient (Wildman–Crippen LogP) is 2.14. The van der Waals surface area contributed by atoms with Crippen LogP contribution in [0.4, 0.5) is 0 Å². The molecule has 1 rings (SSSR count). The SMILES string of the molecule is CCc1ccccc1OC.[C-]#[O+].[C-]#[O+].[C-]#[O+].[Cr]. The molecule has 90 valence electrons. The molecule has 0 heterocycles. The third-order valence-corrected chi connectivity index (χ3v) is 1.57. The number of methoxy groups -OCH3 is 1. The van der Waals surface area contributed by atoms with Gasteiger partial charge in [0.05, 0.1) is 7.11 Å². The molecule has 0 fully saturated rings. The van der Waals surface area contributed by atoms with Gasteiger partial charge in [0.1, 0.15) is 5.75 Å². The normalized spacial score (nSPS) is 5.88. The van der Waals surface area contributed by atoms with Crippen molar-refractivity contribution < 1.29 is 36.1 Å². The average Bonchev–Trinajstić information content (AvgIpc) is 2.45. The number of ether oxygens (including phenoxy) is 1. The van der Waals surface area contributed by atoms with Gasteiger partial charge in [-0.25, -0.2) is 0 Å². The first kappa shape index (κ1) is 24.8. The van der Waals surface area contributed by atoms with Crippen LogP contribution in [-0.4, -0.2) is 7.11 Å². The van der Waals surface area contributed by atoms with E-state index < -0.39 is 0 Å². The molecule has 0 saturated heterocycles. The van der Waals surface area contributed by atoms with Crippen LogP contribution < -0.4 is 4.74 Å². The fourth-order valence-electron chi connectivity index (χ4n) is 0.995. The van der Waals surface area contributed by atoms with Gasteiger partial charge in [-0.3, -0.25) is 0 Å². The first-order valence-electron chi connectivity index (χ1n) is 4.11. The summed E-state index contributed by atoms with van der Waals surface area (Å²) in [5.74, 6) is 0.991. The quantitative estimate of drug-likeness (QED) is 0.600. The summed E-state index contributed by atoms with van der Waals surface area (Å²) >= 11 is 0. The molecular weight excluding hydrogens is 260 g/mol. The molecule has 0 unspecified atom stereocenters. The smallest absolute Gasteiger partial charge is 0 e. The van der Waals surface area contributed by atoms with E-state index in [2.05, 4.69) is 32.9 Å². The van der Waals surface area contributed by atoms with Crippen LogP contribution >= 0.6 is 0 Å². The van der Waals surface area contributed by atoms with E-state index in [0.29, 0.717) is 0 Å². The second-order valence-electron chi connectivity index (χ2n) is 2.17. The zero-order valence-electron chi connectivity index (χ0n) is 9.56. The Balaban J connectivity index is -0.000000106. The third kappa shape index (κ3) is 12.7. The van der Waals surface area contributed by atoms with Gasteiger partial charge in [0, 0.05) is 17.4 Å². The Morgan fingerprint density at radius 2 is 1.41 bits per heavy atom. The summed E-state index contributed by atoms with van der Waals surface area (Å²) in [7, 11) is 1.70. The molecule has 1 aromatic carbocycles. The van der Waals surface area contributed by atoms with Crippen LogP contribution in [0.5, 0.6) is 5.75 Å². The average molecular weight is 272 g/mol. The molecular formula is C12H12CrO4. The van der Waals surface area contributed by atoms with Crippen molar-refractivity contribution >= 4 is 0 Å². The number of rotatable bonds is 2. The summed E-state index contributed by atoms with van der Waals surface area (Å²) in [6.07, 6.45) is 1.03. The molecule has 0 aromatic heterocycles. The van der Waals surface area contributed by atoms with Crippen LogP contribution in [0.15, 0.2) is 24.3 Å². The number of hydrogen-bond donors (Lipinski definition) is 0. The Bertz CT molecular complexity index is 281. The monoisotopic (exact) mass is 272 g/mol. The fourth-order valence-corrected chi connectivity index (χ4v) is 0.995. The van der Waals surface area contributed by atoms with Crippen molar-refractivity contribution in [3.05, 3.63) is 49.8 Å². The molecule has 0 bridgehead atoms. The molecule has 0 spiro atoms. The first-order chi connectivity index (χ1) is 7.88. The van der Waals surface area contributed by atoms with Crippen LogP contribution in [0.1, 0.15) is 12.5 Å². The van der Waals surface area contributed by atoms with Gasteiger partial charge >= 0.3 is 33.9 Å². The number of aryl methyl sites for hydroxylation is 1. The van der Waals surface area contributed by atoms with Crippen molar-refractivity contribution in [2.75, 3.05) is 7.11 Å². The topological polar surface area (TPSA) is 68.9 Å². The molecule has 0 saturated carbocycles. The maximum absolute atomic E-state index is 7.50. The fraction of sp³-hybridized carbons (Fsp3) is 0.250. The van der Waals surface area contributed by atoms with E-state index in [-0.39, 0.29) is 17.4 Å². The van der Waals surface area contributed by atoms with Crippen LogP contribution in [0, 0.1) is 20.0 Å². The molecule has 17 heavy (non-hydrogen) atoms. The van der Waals surface area contributed by atoms with Gasteiger partial charge in [0.25, 0.3) is 0 Å². The predicted molar refractivity (Wildman–Crippen MR) is 54.2 cm³/mol. The largest absolute Gasteiger partial charge is 0 e. The molecule has 1 aromatic rings. The molecule has 0 amide bonds. The minimum atomic E-state index is 0. The van der Waals surface area contributed by atoms with Gasteiger partial charge in [-0.05, 0) is 18.1 Å². The zero-order chi connectivity index (χ0) is 13.4. The van der Waals surface area contributed by atoms with Crippen molar-refractivity contribution in [3.8, 4) is 5.75 Å². The molecule has 5 heteroatoms. The summed E-state index contributed by atoms with van der Waals surface area (Å²) in [6.45, 7) is 15.6. The maximum atomic E-state index is 7.50. The van der Waals surface area contributed by atoms with Gasteiger partial charge in [0.2, 0.25) is 0 Å². The second-order valence-corrected chi connectivity index (χ2v) is 2.17. The van der Waals surface area contributed by atoms with Crippen LogP contribution in [-0.2, 0) is 37.7 Å². The van der Waals surface area contributed by atoms with Crippen LogP contribution in [0.3, 0.4) is 0 Å². The van der Waals surface area contributed by atoms with Crippen molar-refractivity contribution in [2.45, 2.75) is 13.3 Å². The Labute approximate surface area is 112 Å². The van der Waals surface area contributed by atoms with Gasteiger partial charge in [0.15, 0.2) is 0 Å². The molecule has 4 nitrogen and oxygen atoms in total. The van der Waals surface area contributed by atoms with Gasteiger partial charge in [-0.1, -0.05) is 25.1 Å². The van der Waals surface area contributed by atoms with Gasteiger partial charge in [-0.15, -0.1) is 0 Å². The van der Waals surface area contributed by atoms with E-state index in [4.69, 9.17) is 18.7 Å². The minimum Gasteiger partial charge on any atom is 0 e. The third-order valence-electron chi connectivity index (χ3n) is 1.57. The maximum Gasteiger partial charge on any atom is 0 e. The summed E-state index contributed by atoms with van der Waals surface area (Å²) in [6, 6.07) is 8.08. The molecule has 0 N–H and O–H groups in total. The summed E-state index contributed by atoms with van der Waals surface area (Å²) in [4.78, 5) is 0. The Morgan fingerprint density at radius 3 is 1.71 bits per heavy atom. The van der Waals surface area contributed by atoms with Crippen molar-refractivity contribution in [1.29, 1.82) is 0 Å². The zero-order valence-corrected chi connectivity index (χ0v) is 10.8. The van der Waals surface area contributed by atoms with E-state index in [1.807, 2.05) is 18.2 Å². The van der Waals surface area contributed by atoms with Gasteiger partial charge in [-0.2, -0.15) is 0 Å². The molecule has 0 aliphatic carbocycles. The molecule has 0 radical (unpaired) electrons. The van der Waals surface area contributed by atoms with Crippen molar-refractivity contribution in [3.63, 3.8) is 0 Å². The van der Waals surface area contributed by atoms with E-state index >= 15 is 0 Å². The van der Waals surface area contributed by atoms with Crippen LogP contribution in [0.25, 0.3) is 0 Å². The van der Waals surface area contributed by atoms with Gasteiger partial charge < -0.3 is 4.74 Å².